The van der Waals surface area contributed by atoms with Crippen LogP contribution in [0.4, 0.5) is 0 Å². The summed E-state index contributed by atoms with van der Waals surface area (Å²) in [5, 5.41) is 11.7. The summed E-state index contributed by atoms with van der Waals surface area (Å²) in [5.74, 6) is 0. The van der Waals surface area contributed by atoms with E-state index in [1.165, 1.54) is 22.0 Å². The van der Waals surface area contributed by atoms with Gasteiger partial charge in [-0.25, -0.2) is 4.98 Å². The molecule has 98 valence electrons. The van der Waals surface area contributed by atoms with E-state index < -0.39 is 0 Å². The summed E-state index contributed by atoms with van der Waals surface area (Å²) in [6, 6.07) is 5.14. The summed E-state index contributed by atoms with van der Waals surface area (Å²) >= 11 is 1.54. The summed E-state index contributed by atoms with van der Waals surface area (Å²) < 4.78 is 1.52. The first-order valence-electron chi connectivity index (χ1n) is 5.96. The lowest BCUT2D eigenvalue weighted by atomic mass is 9.93. The molecule has 0 aromatic carbocycles. The highest BCUT2D eigenvalue weighted by Crippen LogP contribution is 2.24. The van der Waals surface area contributed by atoms with Crippen LogP contribution in [0.2, 0.25) is 0 Å². The van der Waals surface area contributed by atoms with Crippen molar-refractivity contribution in [3.63, 3.8) is 0 Å². The maximum absolute atomic E-state index is 11.9. The van der Waals surface area contributed by atoms with Crippen LogP contribution < -0.4 is 5.56 Å². The van der Waals surface area contributed by atoms with Gasteiger partial charge in [0.2, 0.25) is 0 Å². The van der Waals surface area contributed by atoms with Gasteiger partial charge in [0.15, 0.2) is 0 Å². The summed E-state index contributed by atoms with van der Waals surface area (Å²) in [6.45, 7) is 6.73. The van der Waals surface area contributed by atoms with E-state index in [0.717, 1.165) is 10.7 Å². The van der Waals surface area contributed by atoms with Crippen molar-refractivity contribution >= 4 is 11.3 Å². The Hall–Kier alpha value is -1.93. The van der Waals surface area contributed by atoms with Gasteiger partial charge in [-0.05, 0) is 12.1 Å². The zero-order valence-corrected chi connectivity index (χ0v) is 12.0. The van der Waals surface area contributed by atoms with E-state index in [2.05, 4.69) is 25.8 Å². The third-order valence-electron chi connectivity index (χ3n) is 2.77. The van der Waals surface area contributed by atoms with E-state index in [1.54, 1.807) is 12.3 Å². The van der Waals surface area contributed by atoms with Crippen LogP contribution in [0.15, 0.2) is 28.5 Å². The lowest BCUT2D eigenvalue weighted by molar-refractivity contribution is 0.569. The maximum Gasteiger partial charge on any atom is 0.268 e. The van der Waals surface area contributed by atoms with Crippen LogP contribution in [0, 0.1) is 11.3 Å². The molecule has 0 atom stereocenters. The molecular formula is C14H15N3OS. The fourth-order valence-corrected chi connectivity index (χ4v) is 2.64. The summed E-state index contributed by atoms with van der Waals surface area (Å²) in [5.41, 5.74) is 0.929. The van der Waals surface area contributed by atoms with Crippen molar-refractivity contribution in [2.75, 3.05) is 0 Å². The highest BCUT2D eigenvalue weighted by molar-refractivity contribution is 7.09. The first-order chi connectivity index (χ1) is 8.91. The van der Waals surface area contributed by atoms with Crippen molar-refractivity contribution in [1.82, 2.24) is 9.55 Å². The molecule has 0 fully saturated rings. The predicted molar refractivity (Wildman–Crippen MR) is 75.3 cm³/mol. The van der Waals surface area contributed by atoms with Crippen molar-refractivity contribution in [3.8, 4) is 6.07 Å². The molecule has 2 rings (SSSR count). The van der Waals surface area contributed by atoms with Gasteiger partial charge >= 0.3 is 0 Å². The minimum Gasteiger partial charge on any atom is -0.308 e. The quantitative estimate of drug-likeness (QED) is 0.844. The van der Waals surface area contributed by atoms with Crippen LogP contribution in [-0.4, -0.2) is 9.55 Å². The summed E-state index contributed by atoms with van der Waals surface area (Å²) in [6.07, 6.45) is 1.68. The van der Waals surface area contributed by atoms with Gasteiger partial charge < -0.3 is 4.57 Å². The van der Waals surface area contributed by atoms with E-state index in [9.17, 15) is 4.79 Å². The fraction of sp³-hybridized carbons (Fsp3) is 0.357. The molecule has 2 heterocycles. The Balaban J connectivity index is 2.30. The molecule has 0 saturated heterocycles. The Morgan fingerprint density at radius 2 is 2.21 bits per heavy atom. The second-order valence-corrected chi connectivity index (χ2v) is 6.29. The summed E-state index contributed by atoms with van der Waals surface area (Å²) in [7, 11) is 0. The van der Waals surface area contributed by atoms with E-state index in [1.807, 2.05) is 11.4 Å². The highest BCUT2D eigenvalue weighted by Gasteiger charge is 2.17. The molecule has 0 amide bonds. The van der Waals surface area contributed by atoms with Gasteiger partial charge in [0.05, 0.1) is 12.2 Å². The molecule has 0 aliphatic carbocycles. The fourth-order valence-electron chi connectivity index (χ4n) is 1.62. The average molecular weight is 273 g/mol. The number of aromatic nitrogens is 2. The number of nitrogens with zero attached hydrogens (tertiary/aromatic N) is 3. The maximum atomic E-state index is 11.9. The number of hydrogen-bond donors (Lipinski definition) is 0. The molecule has 0 unspecified atom stereocenters. The Bertz CT molecular complexity index is 686. The molecule has 4 nitrogen and oxygen atoms in total. The SMILES string of the molecule is CC(C)(C)c1csc(Cn2cccc(C#N)c2=O)n1. The molecule has 2 aromatic heterocycles. The summed E-state index contributed by atoms with van der Waals surface area (Å²) in [4.78, 5) is 16.5. The topological polar surface area (TPSA) is 58.7 Å². The Kier molecular flexibility index (Phi) is 3.54. The number of pyridine rings is 1. The first-order valence-corrected chi connectivity index (χ1v) is 6.84. The van der Waals surface area contributed by atoms with E-state index >= 15 is 0 Å². The molecule has 0 aliphatic heterocycles. The van der Waals surface area contributed by atoms with Gasteiger partial charge in [0.25, 0.3) is 5.56 Å². The van der Waals surface area contributed by atoms with Crippen molar-refractivity contribution in [3.05, 3.63) is 50.3 Å². The van der Waals surface area contributed by atoms with Gasteiger partial charge in [0, 0.05) is 17.0 Å². The van der Waals surface area contributed by atoms with Crippen LogP contribution in [0.3, 0.4) is 0 Å². The van der Waals surface area contributed by atoms with Crippen LogP contribution in [-0.2, 0) is 12.0 Å². The smallest absolute Gasteiger partial charge is 0.268 e. The van der Waals surface area contributed by atoms with Crippen molar-refractivity contribution in [2.24, 2.45) is 0 Å². The molecule has 19 heavy (non-hydrogen) atoms. The van der Waals surface area contributed by atoms with Gasteiger partial charge in [-0.2, -0.15) is 5.26 Å². The monoisotopic (exact) mass is 273 g/mol. The second kappa shape index (κ2) is 4.98. The minimum absolute atomic E-state index is 0.00815. The second-order valence-electron chi connectivity index (χ2n) is 5.34. The van der Waals surface area contributed by atoms with Crippen LogP contribution in [0.1, 0.15) is 37.0 Å². The van der Waals surface area contributed by atoms with Gasteiger partial charge in [-0.3, -0.25) is 4.79 Å². The molecular weight excluding hydrogens is 258 g/mol. The normalized spacial score (nSPS) is 11.3. The average Bonchev–Trinajstić information content (AvgIpc) is 2.80. The third-order valence-corrected chi connectivity index (χ3v) is 3.60. The Morgan fingerprint density at radius 1 is 1.47 bits per heavy atom. The number of rotatable bonds is 2. The Morgan fingerprint density at radius 3 is 2.79 bits per heavy atom. The Labute approximate surface area is 116 Å². The molecule has 0 bridgehead atoms. The van der Waals surface area contributed by atoms with Gasteiger partial charge in [0.1, 0.15) is 16.6 Å². The molecule has 0 aliphatic rings. The first kappa shape index (κ1) is 13.5. The van der Waals surface area contributed by atoms with Crippen molar-refractivity contribution in [2.45, 2.75) is 32.7 Å². The standard InChI is InChI=1S/C14H15N3OS/c1-14(2,3)11-9-19-12(16-11)8-17-6-4-5-10(7-15)13(17)18/h4-6,9H,8H2,1-3H3. The van der Waals surface area contributed by atoms with E-state index in [4.69, 9.17) is 5.26 Å². The minimum atomic E-state index is -0.266. The van der Waals surface area contributed by atoms with Crippen LogP contribution in [0.25, 0.3) is 0 Å². The molecule has 0 N–H and O–H groups in total. The van der Waals surface area contributed by atoms with Crippen molar-refractivity contribution < 1.29 is 0 Å². The number of nitriles is 1. The predicted octanol–water partition coefficient (Wildman–Crippen LogP) is 2.52. The lowest BCUT2D eigenvalue weighted by Gasteiger charge is -2.14. The molecule has 0 spiro atoms. The third kappa shape index (κ3) is 2.91. The van der Waals surface area contributed by atoms with Crippen LogP contribution in [0.5, 0.6) is 0 Å². The number of thiazole rings is 1. The molecule has 0 saturated carbocycles. The molecule has 0 radical (unpaired) electrons. The van der Waals surface area contributed by atoms with Gasteiger partial charge in [-0.1, -0.05) is 20.8 Å². The van der Waals surface area contributed by atoms with Gasteiger partial charge in [-0.15, -0.1) is 11.3 Å². The van der Waals surface area contributed by atoms with E-state index in [-0.39, 0.29) is 16.5 Å². The molecule has 5 heteroatoms. The van der Waals surface area contributed by atoms with Crippen molar-refractivity contribution in [1.29, 1.82) is 5.26 Å². The highest BCUT2D eigenvalue weighted by atomic mass is 32.1. The molecule has 2 aromatic rings. The zero-order chi connectivity index (χ0) is 14.0. The largest absolute Gasteiger partial charge is 0.308 e. The van der Waals surface area contributed by atoms with Crippen LogP contribution >= 0.6 is 11.3 Å². The van der Waals surface area contributed by atoms with E-state index in [0.29, 0.717) is 6.54 Å². The number of hydrogen-bond acceptors (Lipinski definition) is 4. The lowest BCUT2D eigenvalue weighted by Crippen LogP contribution is -2.22. The zero-order valence-electron chi connectivity index (χ0n) is 11.2.